The van der Waals surface area contributed by atoms with E-state index in [1.807, 2.05) is 73.5 Å². The molecule has 3 heterocycles. The summed E-state index contributed by atoms with van der Waals surface area (Å²) in [6, 6.07) is 20.3. The van der Waals surface area contributed by atoms with Crippen molar-refractivity contribution in [3.8, 4) is 0 Å². The first-order valence-corrected chi connectivity index (χ1v) is 12.0. The number of pyridine rings is 1. The number of fused-ring (bicyclic) bond motifs is 1. The number of para-hydroxylation sites is 1. The second-order valence-electron chi connectivity index (χ2n) is 9.18. The standard InChI is InChI=1S/C28H31N5O/c1-19-27-28(31-20(2)30-27)24(18-29-19)21-13-15-33(16-14-21)26(34)17-25(22-9-5-3-6-10-22)32-23-11-7-4-8-12-23/h3-12,18,21,25,32H,13-17H2,1-2H3,(H,30,31). The Balaban J connectivity index is 1.27. The van der Waals surface area contributed by atoms with Crippen molar-refractivity contribution in [2.24, 2.45) is 0 Å². The number of aromatic nitrogens is 3. The van der Waals surface area contributed by atoms with Gasteiger partial charge in [0.2, 0.25) is 5.91 Å². The van der Waals surface area contributed by atoms with Gasteiger partial charge in [0, 0.05) is 25.0 Å². The van der Waals surface area contributed by atoms with Crippen LogP contribution in [0.5, 0.6) is 0 Å². The van der Waals surface area contributed by atoms with Crippen molar-refractivity contribution in [2.45, 2.75) is 45.1 Å². The molecule has 1 unspecified atom stereocenters. The fourth-order valence-corrected chi connectivity index (χ4v) is 4.98. The highest BCUT2D eigenvalue weighted by molar-refractivity contribution is 5.81. The number of amides is 1. The Kier molecular flexibility index (Phi) is 6.30. The number of benzene rings is 2. The summed E-state index contributed by atoms with van der Waals surface area (Å²) >= 11 is 0. The number of nitrogens with zero attached hydrogens (tertiary/aromatic N) is 3. The second kappa shape index (κ2) is 9.67. The molecule has 1 amide bonds. The molecule has 1 aliphatic rings. The number of rotatable bonds is 6. The van der Waals surface area contributed by atoms with Crippen LogP contribution in [0.15, 0.2) is 66.9 Å². The highest BCUT2D eigenvalue weighted by atomic mass is 16.2. The van der Waals surface area contributed by atoms with E-state index in [1.165, 1.54) is 5.56 Å². The molecular weight excluding hydrogens is 422 g/mol. The number of imidazole rings is 1. The van der Waals surface area contributed by atoms with Gasteiger partial charge in [-0.1, -0.05) is 48.5 Å². The van der Waals surface area contributed by atoms with Crippen molar-refractivity contribution < 1.29 is 4.79 Å². The number of likely N-dealkylation sites (tertiary alicyclic amines) is 1. The maximum Gasteiger partial charge on any atom is 0.224 e. The first kappa shape index (κ1) is 22.1. The molecule has 2 aromatic carbocycles. The van der Waals surface area contributed by atoms with Crippen LogP contribution in [0, 0.1) is 13.8 Å². The van der Waals surface area contributed by atoms with E-state index in [1.54, 1.807) is 0 Å². The van der Waals surface area contributed by atoms with Crippen LogP contribution in [0.4, 0.5) is 5.69 Å². The van der Waals surface area contributed by atoms with E-state index in [2.05, 4.69) is 32.4 Å². The second-order valence-corrected chi connectivity index (χ2v) is 9.18. The molecule has 0 bridgehead atoms. The molecule has 1 atom stereocenters. The van der Waals surface area contributed by atoms with Gasteiger partial charge >= 0.3 is 0 Å². The predicted octanol–water partition coefficient (Wildman–Crippen LogP) is 5.52. The average Bonchev–Trinajstić information content (AvgIpc) is 3.27. The van der Waals surface area contributed by atoms with Crippen LogP contribution in [0.2, 0.25) is 0 Å². The zero-order valence-electron chi connectivity index (χ0n) is 19.8. The van der Waals surface area contributed by atoms with E-state index >= 15 is 0 Å². The Morgan fingerprint density at radius 1 is 1.06 bits per heavy atom. The number of carbonyl (C=O) groups excluding carboxylic acids is 1. The smallest absolute Gasteiger partial charge is 0.224 e. The zero-order valence-corrected chi connectivity index (χ0v) is 19.8. The van der Waals surface area contributed by atoms with Gasteiger partial charge in [-0.3, -0.25) is 9.78 Å². The van der Waals surface area contributed by atoms with Gasteiger partial charge in [0.25, 0.3) is 0 Å². The summed E-state index contributed by atoms with van der Waals surface area (Å²) in [5.74, 6) is 1.49. The van der Waals surface area contributed by atoms with Crippen LogP contribution >= 0.6 is 0 Å². The Labute approximate surface area is 200 Å². The van der Waals surface area contributed by atoms with Crippen LogP contribution in [-0.2, 0) is 4.79 Å². The van der Waals surface area contributed by atoms with E-state index in [0.717, 1.165) is 59.7 Å². The van der Waals surface area contributed by atoms with Gasteiger partial charge in [-0.15, -0.1) is 0 Å². The van der Waals surface area contributed by atoms with E-state index in [-0.39, 0.29) is 11.9 Å². The van der Waals surface area contributed by atoms with E-state index in [0.29, 0.717) is 12.3 Å². The monoisotopic (exact) mass is 453 g/mol. The van der Waals surface area contributed by atoms with Crippen LogP contribution in [0.25, 0.3) is 11.0 Å². The molecular formula is C28H31N5O. The number of nitrogens with one attached hydrogen (secondary N) is 2. The van der Waals surface area contributed by atoms with Crippen molar-refractivity contribution >= 4 is 22.6 Å². The topological polar surface area (TPSA) is 73.9 Å². The van der Waals surface area contributed by atoms with Crippen molar-refractivity contribution in [3.05, 3.63) is 89.5 Å². The maximum absolute atomic E-state index is 13.3. The third kappa shape index (κ3) is 4.67. The Bertz CT molecular complexity index is 1260. The fourth-order valence-electron chi connectivity index (χ4n) is 4.98. The van der Waals surface area contributed by atoms with Gasteiger partial charge in [-0.2, -0.15) is 0 Å². The molecule has 0 spiro atoms. The normalized spacial score (nSPS) is 15.4. The number of anilines is 1. The largest absolute Gasteiger partial charge is 0.378 e. The highest BCUT2D eigenvalue weighted by Gasteiger charge is 2.28. The van der Waals surface area contributed by atoms with Crippen molar-refractivity contribution in [2.75, 3.05) is 18.4 Å². The van der Waals surface area contributed by atoms with E-state index in [4.69, 9.17) is 0 Å². The van der Waals surface area contributed by atoms with Crippen molar-refractivity contribution in [3.63, 3.8) is 0 Å². The quantitative estimate of drug-likeness (QED) is 0.403. The minimum absolute atomic E-state index is 0.0669. The highest BCUT2D eigenvalue weighted by Crippen LogP contribution is 2.33. The number of H-pyrrole nitrogens is 1. The minimum Gasteiger partial charge on any atom is -0.378 e. The third-order valence-electron chi connectivity index (χ3n) is 6.83. The lowest BCUT2D eigenvalue weighted by Gasteiger charge is -2.33. The zero-order chi connectivity index (χ0) is 23.5. The van der Waals surface area contributed by atoms with E-state index < -0.39 is 0 Å². The van der Waals surface area contributed by atoms with Crippen LogP contribution < -0.4 is 5.32 Å². The third-order valence-corrected chi connectivity index (χ3v) is 6.83. The number of carbonyl (C=O) groups is 1. The Morgan fingerprint density at radius 2 is 1.74 bits per heavy atom. The summed E-state index contributed by atoms with van der Waals surface area (Å²) in [5, 5.41) is 3.56. The molecule has 0 saturated carbocycles. The molecule has 0 radical (unpaired) electrons. The summed E-state index contributed by atoms with van der Waals surface area (Å²) in [4.78, 5) is 28.0. The van der Waals surface area contributed by atoms with Gasteiger partial charge in [-0.05, 0) is 55.9 Å². The lowest BCUT2D eigenvalue weighted by molar-refractivity contribution is -0.132. The van der Waals surface area contributed by atoms with Gasteiger partial charge in [0.1, 0.15) is 11.3 Å². The minimum atomic E-state index is -0.0669. The average molecular weight is 454 g/mol. The van der Waals surface area contributed by atoms with Crippen LogP contribution in [0.3, 0.4) is 0 Å². The van der Waals surface area contributed by atoms with Gasteiger partial charge in [0.15, 0.2) is 0 Å². The van der Waals surface area contributed by atoms with Crippen molar-refractivity contribution in [1.82, 2.24) is 19.9 Å². The fraction of sp³-hybridized carbons (Fsp3) is 0.321. The molecule has 0 aliphatic carbocycles. The van der Waals surface area contributed by atoms with Gasteiger partial charge in [0.05, 0.1) is 23.7 Å². The summed E-state index contributed by atoms with van der Waals surface area (Å²) in [7, 11) is 0. The summed E-state index contributed by atoms with van der Waals surface area (Å²) in [5.41, 5.74) is 6.39. The first-order chi connectivity index (χ1) is 16.6. The summed E-state index contributed by atoms with van der Waals surface area (Å²) < 4.78 is 0. The summed E-state index contributed by atoms with van der Waals surface area (Å²) in [6.45, 7) is 5.51. The molecule has 6 nitrogen and oxygen atoms in total. The number of piperidine rings is 1. The molecule has 2 N–H and O–H groups in total. The molecule has 5 rings (SSSR count). The number of hydrogen-bond acceptors (Lipinski definition) is 4. The molecule has 174 valence electrons. The SMILES string of the molecule is Cc1nc2c(C)ncc(C3CCN(C(=O)CC(Nc4ccccc4)c4ccccc4)CC3)c2[nH]1. The molecule has 1 aliphatic heterocycles. The molecule has 2 aromatic heterocycles. The molecule has 1 saturated heterocycles. The number of hydrogen-bond donors (Lipinski definition) is 2. The van der Waals surface area contributed by atoms with Crippen molar-refractivity contribution in [1.29, 1.82) is 0 Å². The Morgan fingerprint density at radius 3 is 2.44 bits per heavy atom. The molecule has 34 heavy (non-hydrogen) atoms. The Hall–Kier alpha value is -3.67. The number of aryl methyl sites for hydroxylation is 2. The van der Waals surface area contributed by atoms with E-state index in [9.17, 15) is 4.79 Å². The molecule has 1 fully saturated rings. The van der Waals surface area contributed by atoms with Gasteiger partial charge < -0.3 is 15.2 Å². The molecule has 4 aromatic rings. The summed E-state index contributed by atoms with van der Waals surface area (Å²) in [6.07, 6.45) is 4.30. The maximum atomic E-state index is 13.3. The van der Waals surface area contributed by atoms with Crippen LogP contribution in [0.1, 0.15) is 53.9 Å². The van der Waals surface area contributed by atoms with Gasteiger partial charge in [-0.25, -0.2) is 4.98 Å². The lowest BCUT2D eigenvalue weighted by Crippen LogP contribution is -2.39. The first-order valence-electron chi connectivity index (χ1n) is 12.0. The lowest BCUT2D eigenvalue weighted by atomic mass is 9.89. The van der Waals surface area contributed by atoms with Crippen LogP contribution in [-0.4, -0.2) is 38.8 Å². The number of aromatic amines is 1. The predicted molar refractivity (Wildman–Crippen MR) is 136 cm³/mol. The molecule has 6 heteroatoms.